The first kappa shape index (κ1) is 14.3. The third kappa shape index (κ3) is 2.59. The van der Waals surface area contributed by atoms with E-state index >= 15 is 0 Å². The maximum Gasteiger partial charge on any atom is 0.257 e. The van der Waals surface area contributed by atoms with Crippen LogP contribution in [-0.4, -0.2) is 37.0 Å². The van der Waals surface area contributed by atoms with E-state index in [9.17, 15) is 4.79 Å². The van der Waals surface area contributed by atoms with Crippen LogP contribution in [0.25, 0.3) is 5.65 Å². The summed E-state index contributed by atoms with van der Waals surface area (Å²) >= 11 is 0. The molecule has 3 aromatic rings. The topological polar surface area (TPSA) is 55.4 Å². The standard InChI is InChI=1S/C16H19N5O/c1-4-21-11-14(12(2)18-21)16(22)19(3)9-13-10-20-8-6-5-7-15(20)17-13/h5-8,10-11H,4,9H2,1-3H3. The van der Waals surface area contributed by atoms with Crippen molar-refractivity contribution < 1.29 is 4.79 Å². The van der Waals surface area contributed by atoms with Crippen LogP contribution >= 0.6 is 0 Å². The molecule has 0 atom stereocenters. The van der Waals surface area contributed by atoms with Gasteiger partial charge in [0.25, 0.3) is 5.91 Å². The van der Waals surface area contributed by atoms with Crippen molar-refractivity contribution in [1.82, 2.24) is 24.1 Å². The van der Waals surface area contributed by atoms with Crippen molar-refractivity contribution in [2.75, 3.05) is 7.05 Å². The van der Waals surface area contributed by atoms with E-state index in [1.54, 1.807) is 22.8 Å². The van der Waals surface area contributed by atoms with Crippen LogP contribution in [0.2, 0.25) is 0 Å². The zero-order valence-corrected chi connectivity index (χ0v) is 13.0. The van der Waals surface area contributed by atoms with Gasteiger partial charge < -0.3 is 9.30 Å². The number of rotatable bonds is 4. The van der Waals surface area contributed by atoms with E-state index < -0.39 is 0 Å². The summed E-state index contributed by atoms with van der Waals surface area (Å²) < 4.78 is 3.73. The van der Waals surface area contributed by atoms with Gasteiger partial charge in [-0.1, -0.05) is 6.07 Å². The molecule has 0 aliphatic carbocycles. The number of aromatic nitrogens is 4. The van der Waals surface area contributed by atoms with Crippen LogP contribution in [0.1, 0.15) is 28.7 Å². The van der Waals surface area contributed by atoms with E-state index in [2.05, 4.69) is 10.1 Å². The summed E-state index contributed by atoms with van der Waals surface area (Å²) in [6.45, 7) is 5.08. The molecular weight excluding hydrogens is 278 g/mol. The largest absolute Gasteiger partial charge is 0.336 e. The summed E-state index contributed by atoms with van der Waals surface area (Å²) in [4.78, 5) is 18.7. The molecule has 22 heavy (non-hydrogen) atoms. The summed E-state index contributed by atoms with van der Waals surface area (Å²) in [5.41, 5.74) is 3.15. The summed E-state index contributed by atoms with van der Waals surface area (Å²) in [5, 5.41) is 4.32. The Morgan fingerprint density at radius 3 is 2.82 bits per heavy atom. The number of imidazole rings is 1. The van der Waals surface area contributed by atoms with E-state index in [-0.39, 0.29) is 5.91 Å². The van der Waals surface area contributed by atoms with Gasteiger partial charge in [0.15, 0.2) is 0 Å². The van der Waals surface area contributed by atoms with Gasteiger partial charge in [0.2, 0.25) is 0 Å². The van der Waals surface area contributed by atoms with E-state index in [0.29, 0.717) is 12.1 Å². The van der Waals surface area contributed by atoms with E-state index in [1.165, 1.54) is 0 Å². The molecule has 0 spiro atoms. The highest BCUT2D eigenvalue weighted by Gasteiger charge is 2.18. The van der Waals surface area contributed by atoms with Gasteiger partial charge in [-0.15, -0.1) is 0 Å². The molecule has 6 nitrogen and oxygen atoms in total. The van der Waals surface area contributed by atoms with Crippen LogP contribution in [0.15, 0.2) is 36.8 Å². The molecule has 0 saturated carbocycles. The fourth-order valence-electron chi connectivity index (χ4n) is 2.47. The highest BCUT2D eigenvalue weighted by Crippen LogP contribution is 2.12. The first-order chi connectivity index (χ1) is 10.6. The normalized spacial score (nSPS) is 11.0. The summed E-state index contributed by atoms with van der Waals surface area (Å²) in [6.07, 6.45) is 5.70. The first-order valence-corrected chi connectivity index (χ1v) is 7.30. The molecule has 6 heteroatoms. The molecule has 1 amide bonds. The average Bonchev–Trinajstić information content (AvgIpc) is 3.08. The Bertz CT molecular complexity index is 784. The van der Waals surface area contributed by atoms with Gasteiger partial charge >= 0.3 is 0 Å². The van der Waals surface area contributed by atoms with E-state index in [1.807, 2.05) is 48.8 Å². The Labute approximate surface area is 129 Å². The molecule has 114 valence electrons. The zero-order chi connectivity index (χ0) is 15.7. The number of nitrogens with zero attached hydrogens (tertiary/aromatic N) is 5. The molecule has 3 heterocycles. The minimum Gasteiger partial charge on any atom is -0.336 e. The second-order valence-corrected chi connectivity index (χ2v) is 5.34. The summed E-state index contributed by atoms with van der Waals surface area (Å²) in [5.74, 6) is -0.0331. The predicted molar refractivity (Wildman–Crippen MR) is 83.6 cm³/mol. The third-order valence-corrected chi connectivity index (χ3v) is 3.66. The van der Waals surface area contributed by atoms with Crippen molar-refractivity contribution in [1.29, 1.82) is 0 Å². The van der Waals surface area contributed by atoms with Crippen LogP contribution in [-0.2, 0) is 13.1 Å². The number of carbonyl (C=O) groups excluding carboxylic acids is 1. The van der Waals surface area contributed by atoms with Crippen molar-refractivity contribution >= 4 is 11.6 Å². The van der Waals surface area contributed by atoms with E-state index in [0.717, 1.165) is 23.6 Å². The van der Waals surface area contributed by atoms with Gasteiger partial charge in [-0.25, -0.2) is 4.98 Å². The van der Waals surface area contributed by atoms with Crippen molar-refractivity contribution in [2.24, 2.45) is 0 Å². The Morgan fingerprint density at radius 1 is 1.32 bits per heavy atom. The number of aryl methyl sites for hydroxylation is 2. The number of fused-ring (bicyclic) bond motifs is 1. The van der Waals surface area contributed by atoms with Crippen LogP contribution < -0.4 is 0 Å². The van der Waals surface area contributed by atoms with E-state index in [4.69, 9.17) is 0 Å². The Morgan fingerprint density at radius 2 is 2.14 bits per heavy atom. The molecule has 0 aliphatic rings. The van der Waals surface area contributed by atoms with Gasteiger partial charge in [-0.3, -0.25) is 9.48 Å². The summed E-state index contributed by atoms with van der Waals surface area (Å²) in [6, 6.07) is 5.85. The minimum atomic E-state index is -0.0331. The maximum atomic E-state index is 12.6. The molecule has 0 aliphatic heterocycles. The molecule has 0 N–H and O–H groups in total. The second-order valence-electron chi connectivity index (χ2n) is 5.34. The maximum absolute atomic E-state index is 12.6. The number of carbonyl (C=O) groups is 1. The number of pyridine rings is 1. The van der Waals surface area contributed by atoms with Crippen LogP contribution in [0.3, 0.4) is 0 Å². The molecule has 0 saturated heterocycles. The lowest BCUT2D eigenvalue weighted by Crippen LogP contribution is -2.26. The predicted octanol–water partition coefficient (Wildman–Crippen LogP) is 2.13. The van der Waals surface area contributed by atoms with Gasteiger partial charge in [0, 0.05) is 32.2 Å². The molecule has 0 unspecified atom stereocenters. The fourth-order valence-corrected chi connectivity index (χ4v) is 2.47. The van der Waals surface area contributed by atoms with Crippen molar-refractivity contribution in [3.63, 3.8) is 0 Å². The molecular formula is C16H19N5O. The molecule has 0 bridgehead atoms. The SMILES string of the molecule is CCn1cc(C(=O)N(C)Cc2cn3ccccc3n2)c(C)n1. The Hall–Kier alpha value is -2.63. The molecule has 0 fully saturated rings. The Balaban J connectivity index is 1.79. The smallest absolute Gasteiger partial charge is 0.257 e. The van der Waals surface area contributed by atoms with Gasteiger partial charge in [-0.05, 0) is 26.0 Å². The third-order valence-electron chi connectivity index (χ3n) is 3.66. The fraction of sp³-hybridized carbons (Fsp3) is 0.312. The van der Waals surface area contributed by atoms with Gasteiger partial charge in [0.1, 0.15) is 5.65 Å². The lowest BCUT2D eigenvalue weighted by molar-refractivity contribution is 0.0783. The number of hydrogen-bond acceptors (Lipinski definition) is 3. The quantitative estimate of drug-likeness (QED) is 0.741. The lowest BCUT2D eigenvalue weighted by Gasteiger charge is -2.15. The Kier molecular flexibility index (Phi) is 3.66. The highest BCUT2D eigenvalue weighted by atomic mass is 16.2. The lowest BCUT2D eigenvalue weighted by atomic mass is 10.2. The second kappa shape index (κ2) is 5.63. The molecule has 3 aromatic heterocycles. The highest BCUT2D eigenvalue weighted by molar-refractivity contribution is 5.94. The van der Waals surface area contributed by atoms with Crippen molar-refractivity contribution in [3.05, 3.63) is 53.7 Å². The van der Waals surface area contributed by atoms with Gasteiger partial charge in [0.05, 0.1) is 23.5 Å². The first-order valence-electron chi connectivity index (χ1n) is 7.30. The molecule has 3 rings (SSSR count). The van der Waals surface area contributed by atoms with Crippen molar-refractivity contribution in [2.45, 2.75) is 26.9 Å². The average molecular weight is 297 g/mol. The monoisotopic (exact) mass is 297 g/mol. The minimum absolute atomic E-state index is 0.0331. The van der Waals surface area contributed by atoms with Crippen LogP contribution in [0.5, 0.6) is 0 Å². The zero-order valence-electron chi connectivity index (χ0n) is 13.0. The molecule has 0 aromatic carbocycles. The van der Waals surface area contributed by atoms with Crippen molar-refractivity contribution in [3.8, 4) is 0 Å². The summed E-state index contributed by atoms with van der Waals surface area (Å²) in [7, 11) is 1.79. The molecule has 0 radical (unpaired) electrons. The number of amides is 1. The van der Waals surface area contributed by atoms with Crippen LogP contribution in [0.4, 0.5) is 0 Å². The van der Waals surface area contributed by atoms with Crippen LogP contribution in [0, 0.1) is 6.92 Å². The van der Waals surface area contributed by atoms with Gasteiger partial charge in [-0.2, -0.15) is 5.10 Å². The number of hydrogen-bond donors (Lipinski definition) is 0.